The average Bonchev–Trinajstić information content (AvgIpc) is 2.72. The summed E-state index contributed by atoms with van der Waals surface area (Å²) in [5, 5.41) is 0. The number of fused-ring (bicyclic) bond motifs is 2. The minimum Gasteiger partial charge on any atom is -0.490 e. The van der Waals surface area contributed by atoms with Crippen LogP contribution in [0.1, 0.15) is 31.4 Å². The van der Waals surface area contributed by atoms with E-state index in [9.17, 15) is 4.79 Å². The lowest BCUT2D eigenvalue weighted by Crippen LogP contribution is -2.56. The summed E-state index contributed by atoms with van der Waals surface area (Å²) in [6, 6.07) is 17.7. The Morgan fingerprint density at radius 2 is 1.86 bits per heavy atom. The highest BCUT2D eigenvalue weighted by molar-refractivity contribution is 5.76. The molecule has 1 saturated heterocycles. The molecule has 0 radical (unpaired) electrons. The molecule has 29 heavy (non-hydrogen) atoms. The van der Waals surface area contributed by atoms with E-state index in [1.54, 1.807) is 0 Å². The first-order chi connectivity index (χ1) is 14.1. The minimum absolute atomic E-state index is 0.0378. The van der Waals surface area contributed by atoms with Crippen molar-refractivity contribution < 1.29 is 19.0 Å². The molecule has 5 nitrogen and oxygen atoms in total. The Bertz CT molecular complexity index is 877. The van der Waals surface area contributed by atoms with Gasteiger partial charge >= 0.3 is 6.09 Å². The average molecular weight is 393 g/mol. The number of carbonyl (C=O) groups is 1. The molecule has 152 valence electrons. The van der Waals surface area contributed by atoms with Crippen LogP contribution in [0.2, 0.25) is 0 Å². The maximum atomic E-state index is 12.8. The fourth-order valence-electron chi connectivity index (χ4n) is 3.96. The molecule has 2 aromatic rings. The highest BCUT2D eigenvalue weighted by Gasteiger charge is 2.39. The van der Waals surface area contributed by atoms with Crippen molar-refractivity contribution in [3.05, 3.63) is 71.8 Å². The van der Waals surface area contributed by atoms with E-state index in [0.29, 0.717) is 13.2 Å². The van der Waals surface area contributed by atoms with E-state index in [2.05, 4.69) is 12.1 Å². The molecule has 2 heterocycles. The van der Waals surface area contributed by atoms with Crippen molar-refractivity contribution in [1.29, 1.82) is 0 Å². The summed E-state index contributed by atoms with van der Waals surface area (Å²) < 4.78 is 17.3. The van der Waals surface area contributed by atoms with Gasteiger partial charge in [0.25, 0.3) is 0 Å². The third-order valence-corrected chi connectivity index (χ3v) is 5.21. The highest BCUT2D eigenvalue weighted by Crippen LogP contribution is 2.37. The molecule has 2 atom stereocenters. The van der Waals surface area contributed by atoms with Gasteiger partial charge in [-0.15, -0.1) is 0 Å². The van der Waals surface area contributed by atoms with Gasteiger partial charge in [-0.3, -0.25) is 4.90 Å². The zero-order valence-electron chi connectivity index (χ0n) is 16.9. The second kappa shape index (κ2) is 8.70. The molecule has 2 aliphatic heterocycles. The minimum atomic E-state index is -0.283. The highest BCUT2D eigenvalue weighted by atomic mass is 16.6. The summed E-state index contributed by atoms with van der Waals surface area (Å²) in [4.78, 5) is 14.7. The summed E-state index contributed by atoms with van der Waals surface area (Å²) in [5.41, 5.74) is 3.28. The summed E-state index contributed by atoms with van der Waals surface area (Å²) >= 11 is 0. The summed E-state index contributed by atoms with van der Waals surface area (Å²) in [6.07, 6.45) is 2.67. The number of amides is 1. The number of carbonyl (C=O) groups excluding carboxylic acids is 1. The van der Waals surface area contributed by atoms with Crippen LogP contribution in [0.4, 0.5) is 4.79 Å². The lowest BCUT2D eigenvalue weighted by Gasteiger charge is -2.44. The zero-order chi connectivity index (χ0) is 20.2. The monoisotopic (exact) mass is 393 g/mol. The Kier molecular flexibility index (Phi) is 5.86. The number of nitrogens with zero attached hydrogens (tertiary/aromatic N) is 1. The predicted molar refractivity (Wildman–Crippen MR) is 112 cm³/mol. The van der Waals surface area contributed by atoms with Crippen molar-refractivity contribution in [2.75, 3.05) is 13.2 Å². The van der Waals surface area contributed by atoms with Gasteiger partial charge < -0.3 is 14.2 Å². The van der Waals surface area contributed by atoms with Gasteiger partial charge in [0.15, 0.2) is 0 Å². The van der Waals surface area contributed by atoms with E-state index in [0.717, 1.165) is 23.3 Å². The standard InChI is InChI=1S/C24H27NO4/c1-17(2)29-23-11-7-6-10-22(23)19-12-20-15-27-16-21(13-19)25(20)24(26)28-14-18-8-4-3-5-9-18/h3-12,17,20-21H,13-16H2,1-2H3. The normalized spacial score (nSPS) is 20.9. The Morgan fingerprint density at radius 3 is 2.62 bits per heavy atom. The van der Waals surface area contributed by atoms with Crippen LogP contribution < -0.4 is 4.74 Å². The van der Waals surface area contributed by atoms with Crippen molar-refractivity contribution in [3.63, 3.8) is 0 Å². The third kappa shape index (κ3) is 4.46. The molecule has 4 rings (SSSR count). The van der Waals surface area contributed by atoms with Gasteiger partial charge in [0.2, 0.25) is 0 Å². The van der Waals surface area contributed by atoms with Gasteiger partial charge in [0.05, 0.1) is 31.4 Å². The van der Waals surface area contributed by atoms with Crippen LogP contribution in [0.3, 0.4) is 0 Å². The van der Waals surface area contributed by atoms with Gasteiger partial charge in [-0.1, -0.05) is 54.6 Å². The van der Waals surface area contributed by atoms with Crippen LogP contribution in [-0.4, -0.2) is 42.4 Å². The van der Waals surface area contributed by atoms with E-state index in [4.69, 9.17) is 14.2 Å². The molecule has 0 N–H and O–H groups in total. The van der Waals surface area contributed by atoms with Crippen LogP contribution in [0, 0.1) is 0 Å². The van der Waals surface area contributed by atoms with Crippen molar-refractivity contribution >= 4 is 11.7 Å². The summed E-state index contributed by atoms with van der Waals surface area (Å²) in [6.45, 7) is 5.32. The molecule has 2 aromatic carbocycles. The van der Waals surface area contributed by atoms with E-state index >= 15 is 0 Å². The molecule has 0 saturated carbocycles. The SMILES string of the molecule is CC(C)Oc1ccccc1C1=CC2COCC(C1)N2C(=O)OCc1ccccc1. The number of rotatable bonds is 5. The quantitative estimate of drug-likeness (QED) is 0.741. The van der Waals surface area contributed by atoms with E-state index < -0.39 is 0 Å². The van der Waals surface area contributed by atoms with Crippen molar-refractivity contribution in [2.45, 2.75) is 45.1 Å². The Balaban J connectivity index is 1.52. The van der Waals surface area contributed by atoms with Gasteiger partial charge in [-0.05, 0) is 37.5 Å². The molecule has 1 amide bonds. The topological polar surface area (TPSA) is 48.0 Å². The van der Waals surface area contributed by atoms with Crippen LogP contribution in [-0.2, 0) is 16.1 Å². The molecule has 5 heteroatoms. The van der Waals surface area contributed by atoms with Gasteiger partial charge in [-0.2, -0.15) is 0 Å². The number of hydrogen-bond acceptors (Lipinski definition) is 4. The second-order valence-corrected chi connectivity index (χ2v) is 7.76. The molecule has 2 bridgehead atoms. The first-order valence-electron chi connectivity index (χ1n) is 10.2. The van der Waals surface area contributed by atoms with E-state index in [1.165, 1.54) is 5.57 Å². The molecular formula is C24H27NO4. The number of para-hydroxylation sites is 1. The molecule has 2 unspecified atom stereocenters. The van der Waals surface area contributed by atoms with Crippen molar-refractivity contribution in [1.82, 2.24) is 4.90 Å². The van der Waals surface area contributed by atoms with Gasteiger partial charge in [0.1, 0.15) is 12.4 Å². The Hall–Kier alpha value is -2.79. The van der Waals surface area contributed by atoms with Crippen LogP contribution in [0.5, 0.6) is 5.75 Å². The molecule has 0 spiro atoms. The maximum absolute atomic E-state index is 12.8. The Morgan fingerprint density at radius 1 is 1.10 bits per heavy atom. The second-order valence-electron chi connectivity index (χ2n) is 7.76. The number of morpholine rings is 1. The van der Waals surface area contributed by atoms with Crippen molar-refractivity contribution in [3.8, 4) is 5.75 Å². The Labute approximate surface area is 171 Å². The van der Waals surface area contributed by atoms with Crippen molar-refractivity contribution in [2.24, 2.45) is 0 Å². The third-order valence-electron chi connectivity index (χ3n) is 5.21. The first-order valence-corrected chi connectivity index (χ1v) is 10.2. The van der Waals surface area contributed by atoms with Crippen LogP contribution in [0.25, 0.3) is 5.57 Å². The van der Waals surface area contributed by atoms with Crippen LogP contribution >= 0.6 is 0 Å². The lowest BCUT2D eigenvalue weighted by molar-refractivity contribution is -0.0342. The fourth-order valence-corrected chi connectivity index (χ4v) is 3.96. The first kappa shape index (κ1) is 19.5. The summed E-state index contributed by atoms with van der Waals surface area (Å²) in [7, 11) is 0. The van der Waals surface area contributed by atoms with Gasteiger partial charge in [0, 0.05) is 5.56 Å². The van der Waals surface area contributed by atoms with E-state index in [1.807, 2.05) is 67.3 Å². The largest absolute Gasteiger partial charge is 0.490 e. The molecular weight excluding hydrogens is 366 g/mol. The smallest absolute Gasteiger partial charge is 0.411 e. The predicted octanol–water partition coefficient (Wildman–Crippen LogP) is 4.67. The number of hydrogen-bond donors (Lipinski definition) is 0. The number of ether oxygens (including phenoxy) is 3. The van der Waals surface area contributed by atoms with E-state index in [-0.39, 0.29) is 30.9 Å². The fraction of sp³-hybridized carbons (Fsp3) is 0.375. The van der Waals surface area contributed by atoms with Crippen LogP contribution in [0.15, 0.2) is 60.7 Å². The molecule has 0 aliphatic carbocycles. The number of benzene rings is 2. The molecule has 1 fully saturated rings. The molecule has 0 aromatic heterocycles. The van der Waals surface area contributed by atoms with Gasteiger partial charge in [-0.25, -0.2) is 4.79 Å². The maximum Gasteiger partial charge on any atom is 0.411 e. The summed E-state index contributed by atoms with van der Waals surface area (Å²) in [5.74, 6) is 0.882. The molecule has 2 aliphatic rings. The zero-order valence-corrected chi connectivity index (χ0v) is 16.9. The lowest BCUT2D eigenvalue weighted by atomic mass is 9.89.